The van der Waals surface area contributed by atoms with E-state index in [1.165, 1.54) is 6.07 Å². The van der Waals surface area contributed by atoms with Crippen molar-refractivity contribution >= 4 is 10.8 Å². The van der Waals surface area contributed by atoms with Crippen LogP contribution in [0.15, 0.2) is 60.7 Å². The molecular formula is C19H17FO. The van der Waals surface area contributed by atoms with Crippen molar-refractivity contribution in [2.45, 2.75) is 19.4 Å². The van der Waals surface area contributed by atoms with E-state index in [1.54, 1.807) is 19.1 Å². The molecule has 2 heteroatoms. The van der Waals surface area contributed by atoms with E-state index in [1.807, 2.05) is 24.3 Å². The Morgan fingerprint density at radius 3 is 2.57 bits per heavy atom. The van der Waals surface area contributed by atoms with Gasteiger partial charge in [-0.15, -0.1) is 0 Å². The predicted molar refractivity (Wildman–Crippen MR) is 83.7 cm³/mol. The van der Waals surface area contributed by atoms with Gasteiger partial charge in [0, 0.05) is 6.42 Å². The molecule has 0 fully saturated rings. The van der Waals surface area contributed by atoms with Crippen molar-refractivity contribution in [3.63, 3.8) is 0 Å². The third kappa shape index (κ3) is 2.81. The molecule has 21 heavy (non-hydrogen) atoms. The summed E-state index contributed by atoms with van der Waals surface area (Å²) in [6, 6.07) is 19.0. The zero-order valence-corrected chi connectivity index (χ0v) is 11.9. The number of halogens is 1. The lowest BCUT2D eigenvalue weighted by Gasteiger charge is -2.14. The van der Waals surface area contributed by atoms with Crippen LogP contribution in [0, 0.1) is 12.7 Å². The normalized spacial score (nSPS) is 12.5. The maximum atomic E-state index is 13.3. The lowest BCUT2D eigenvalue weighted by atomic mass is 9.96. The van der Waals surface area contributed by atoms with E-state index in [2.05, 4.69) is 18.2 Å². The Bertz CT molecular complexity index is 774. The fraction of sp³-hybridized carbons (Fsp3) is 0.158. The smallest absolute Gasteiger partial charge is 0.126 e. The van der Waals surface area contributed by atoms with E-state index in [0.29, 0.717) is 12.0 Å². The monoisotopic (exact) mass is 280 g/mol. The van der Waals surface area contributed by atoms with Crippen molar-refractivity contribution in [1.82, 2.24) is 0 Å². The molecule has 0 saturated carbocycles. The summed E-state index contributed by atoms with van der Waals surface area (Å²) in [6.07, 6.45) is -0.109. The standard InChI is InChI=1S/C19H17FO/c1-13-11-16(9-10-18(13)20)19(21)12-15-7-4-6-14-5-2-3-8-17(14)15/h2-11,19,21H,12H2,1H3. The Morgan fingerprint density at radius 2 is 1.76 bits per heavy atom. The van der Waals surface area contributed by atoms with E-state index in [0.717, 1.165) is 21.9 Å². The molecule has 0 heterocycles. The number of hydrogen-bond donors (Lipinski definition) is 1. The molecule has 0 aliphatic carbocycles. The van der Waals surface area contributed by atoms with Crippen LogP contribution in [0.3, 0.4) is 0 Å². The van der Waals surface area contributed by atoms with E-state index in [9.17, 15) is 9.50 Å². The summed E-state index contributed by atoms with van der Waals surface area (Å²) in [5.41, 5.74) is 2.41. The van der Waals surface area contributed by atoms with Crippen LogP contribution in [0.25, 0.3) is 10.8 Å². The van der Waals surface area contributed by atoms with Gasteiger partial charge in [0.25, 0.3) is 0 Å². The highest BCUT2D eigenvalue weighted by Crippen LogP contribution is 2.25. The molecule has 3 rings (SSSR count). The van der Waals surface area contributed by atoms with Crippen LogP contribution in [0.5, 0.6) is 0 Å². The van der Waals surface area contributed by atoms with Gasteiger partial charge in [-0.05, 0) is 40.5 Å². The third-order valence-corrected chi connectivity index (χ3v) is 3.86. The summed E-state index contributed by atoms with van der Waals surface area (Å²) in [5.74, 6) is -0.240. The minimum absolute atomic E-state index is 0.240. The molecule has 0 aliphatic heterocycles. The lowest BCUT2D eigenvalue weighted by Crippen LogP contribution is -2.03. The maximum absolute atomic E-state index is 13.3. The zero-order chi connectivity index (χ0) is 14.8. The molecule has 3 aromatic rings. The molecule has 1 atom stereocenters. The second-order valence-corrected chi connectivity index (χ2v) is 5.37. The number of fused-ring (bicyclic) bond motifs is 1. The molecular weight excluding hydrogens is 263 g/mol. The average molecular weight is 280 g/mol. The highest BCUT2D eigenvalue weighted by molar-refractivity contribution is 5.85. The fourth-order valence-electron chi connectivity index (χ4n) is 2.67. The second kappa shape index (κ2) is 5.66. The van der Waals surface area contributed by atoms with Crippen molar-refractivity contribution in [3.8, 4) is 0 Å². The molecule has 0 saturated heterocycles. The van der Waals surface area contributed by atoms with Gasteiger partial charge in [0.05, 0.1) is 6.10 Å². The van der Waals surface area contributed by atoms with Gasteiger partial charge in [-0.1, -0.05) is 54.6 Å². The quantitative estimate of drug-likeness (QED) is 0.745. The first-order chi connectivity index (χ1) is 10.1. The van der Waals surface area contributed by atoms with Gasteiger partial charge in [0.15, 0.2) is 0 Å². The van der Waals surface area contributed by atoms with Gasteiger partial charge >= 0.3 is 0 Å². The Balaban J connectivity index is 1.92. The molecule has 0 bridgehead atoms. The lowest BCUT2D eigenvalue weighted by molar-refractivity contribution is 0.178. The predicted octanol–water partition coefficient (Wildman–Crippen LogP) is 4.56. The average Bonchev–Trinajstić information content (AvgIpc) is 2.50. The summed E-state index contributed by atoms with van der Waals surface area (Å²) in [7, 11) is 0. The molecule has 1 unspecified atom stereocenters. The largest absolute Gasteiger partial charge is 0.388 e. The van der Waals surface area contributed by atoms with Gasteiger partial charge < -0.3 is 5.11 Å². The fourth-order valence-corrected chi connectivity index (χ4v) is 2.67. The summed E-state index contributed by atoms with van der Waals surface area (Å²) >= 11 is 0. The summed E-state index contributed by atoms with van der Waals surface area (Å²) in [5, 5.41) is 12.7. The Morgan fingerprint density at radius 1 is 1.00 bits per heavy atom. The topological polar surface area (TPSA) is 20.2 Å². The second-order valence-electron chi connectivity index (χ2n) is 5.37. The number of aryl methyl sites for hydroxylation is 1. The van der Waals surface area contributed by atoms with Crippen LogP contribution in [-0.2, 0) is 6.42 Å². The molecule has 1 N–H and O–H groups in total. The number of aliphatic hydroxyl groups is 1. The third-order valence-electron chi connectivity index (χ3n) is 3.86. The van der Waals surface area contributed by atoms with Crippen molar-refractivity contribution in [2.24, 2.45) is 0 Å². The molecule has 3 aromatic carbocycles. The van der Waals surface area contributed by atoms with Crippen LogP contribution in [0.1, 0.15) is 22.8 Å². The summed E-state index contributed by atoms with van der Waals surface area (Å²) < 4.78 is 13.3. The van der Waals surface area contributed by atoms with Gasteiger partial charge in [0.2, 0.25) is 0 Å². The van der Waals surface area contributed by atoms with E-state index in [4.69, 9.17) is 0 Å². The molecule has 0 aliphatic rings. The van der Waals surface area contributed by atoms with Gasteiger partial charge in [0.1, 0.15) is 5.82 Å². The first-order valence-corrected chi connectivity index (χ1v) is 7.06. The maximum Gasteiger partial charge on any atom is 0.126 e. The Labute approximate surface area is 123 Å². The van der Waals surface area contributed by atoms with E-state index >= 15 is 0 Å². The summed E-state index contributed by atoms with van der Waals surface area (Å²) in [4.78, 5) is 0. The zero-order valence-electron chi connectivity index (χ0n) is 11.9. The first-order valence-electron chi connectivity index (χ1n) is 7.06. The molecule has 1 nitrogen and oxygen atoms in total. The van der Waals surface area contributed by atoms with Crippen molar-refractivity contribution in [3.05, 3.63) is 83.2 Å². The minimum atomic E-state index is -0.630. The minimum Gasteiger partial charge on any atom is -0.388 e. The Hall–Kier alpha value is -2.19. The molecule has 0 aromatic heterocycles. The van der Waals surface area contributed by atoms with Crippen molar-refractivity contribution in [2.75, 3.05) is 0 Å². The molecule has 0 radical (unpaired) electrons. The first kappa shape index (κ1) is 13.8. The van der Waals surface area contributed by atoms with Crippen LogP contribution >= 0.6 is 0 Å². The number of hydrogen-bond acceptors (Lipinski definition) is 1. The van der Waals surface area contributed by atoms with Crippen molar-refractivity contribution < 1.29 is 9.50 Å². The molecule has 0 amide bonds. The van der Waals surface area contributed by atoms with Crippen LogP contribution < -0.4 is 0 Å². The van der Waals surface area contributed by atoms with Crippen molar-refractivity contribution in [1.29, 1.82) is 0 Å². The van der Waals surface area contributed by atoms with E-state index in [-0.39, 0.29) is 5.82 Å². The van der Waals surface area contributed by atoms with Crippen LogP contribution in [-0.4, -0.2) is 5.11 Å². The van der Waals surface area contributed by atoms with Crippen LogP contribution in [0.2, 0.25) is 0 Å². The van der Waals surface area contributed by atoms with Crippen LogP contribution in [0.4, 0.5) is 4.39 Å². The molecule has 0 spiro atoms. The number of rotatable bonds is 3. The van der Waals surface area contributed by atoms with Gasteiger partial charge in [-0.2, -0.15) is 0 Å². The highest BCUT2D eigenvalue weighted by atomic mass is 19.1. The number of benzene rings is 3. The van der Waals surface area contributed by atoms with E-state index < -0.39 is 6.10 Å². The number of aliphatic hydroxyl groups excluding tert-OH is 1. The highest BCUT2D eigenvalue weighted by Gasteiger charge is 2.12. The van der Waals surface area contributed by atoms with Gasteiger partial charge in [-0.3, -0.25) is 0 Å². The Kier molecular flexibility index (Phi) is 3.72. The van der Waals surface area contributed by atoms with Gasteiger partial charge in [-0.25, -0.2) is 4.39 Å². The molecule has 106 valence electrons. The SMILES string of the molecule is Cc1cc(C(O)Cc2cccc3ccccc23)ccc1F. The summed E-state index contributed by atoms with van der Waals surface area (Å²) in [6.45, 7) is 1.71.